The second-order valence-corrected chi connectivity index (χ2v) is 7.15. The van der Waals surface area contributed by atoms with E-state index in [2.05, 4.69) is 46.5 Å². The molecular weight excluding hydrogens is 266 g/mol. The summed E-state index contributed by atoms with van der Waals surface area (Å²) >= 11 is 1.86. The highest BCUT2D eigenvalue weighted by molar-refractivity contribution is 7.09. The zero-order valence-corrected chi connectivity index (χ0v) is 13.8. The maximum absolute atomic E-state index is 3.57. The maximum atomic E-state index is 3.57. The van der Waals surface area contributed by atoms with Gasteiger partial charge in [-0.2, -0.15) is 0 Å². The molecule has 0 unspecified atom stereocenters. The number of hydrogen-bond acceptors (Lipinski definition) is 4. The molecule has 1 saturated heterocycles. The third kappa shape index (κ3) is 5.92. The molecule has 2 rings (SSSR count). The fourth-order valence-corrected chi connectivity index (χ4v) is 3.45. The van der Waals surface area contributed by atoms with Crippen molar-refractivity contribution in [3.8, 4) is 0 Å². The van der Waals surface area contributed by atoms with E-state index in [-0.39, 0.29) is 0 Å². The van der Waals surface area contributed by atoms with Crippen LogP contribution in [0.4, 0.5) is 0 Å². The molecule has 0 atom stereocenters. The smallest absolute Gasteiger partial charge is 0.0110 e. The van der Waals surface area contributed by atoms with Gasteiger partial charge in [-0.15, -0.1) is 11.3 Å². The molecule has 20 heavy (non-hydrogen) atoms. The Kier molecular flexibility index (Phi) is 7.00. The lowest BCUT2D eigenvalue weighted by molar-refractivity contribution is 0.123. The van der Waals surface area contributed by atoms with Crippen molar-refractivity contribution in [2.24, 2.45) is 5.92 Å². The highest BCUT2D eigenvalue weighted by atomic mass is 32.1. The third-order valence-electron chi connectivity index (χ3n) is 3.82. The lowest BCUT2D eigenvalue weighted by atomic mass is 10.2. The van der Waals surface area contributed by atoms with Gasteiger partial charge in [0, 0.05) is 57.2 Å². The summed E-state index contributed by atoms with van der Waals surface area (Å²) in [5, 5.41) is 5.72. The Balaban J connectivity index is 1.49. The largest absolute Gasteiger partial charge is 0.315 e. The fraction of sp³-hybridized carbons (Fsp3) is 0.750. The molecule has 3 nitrogen and oxygen atoms in total. The number of piperazine rings is 1. The molecule has 0 aliphatic carbocycles. The molecule has 0 bridgehead atoms. The molecule has 0 aromatic carbocycles. The van der Waals surface area contributed by atoms with Crippen molar-refractivity contribution < 1.29 is 0 Å². The Labute approximate surface area is 128 Å². The third-order valence-corrected chi connectivity index (χ3v) is 4.76. The van der Waals surface area contributed by atoms with Crippen molar-refractivity contribution >= 4 is 11.3 Å². The summed E-state index contributed by atoms with van der Waals surface area (Å²) < 4.78 is 0. The first-order chi connectivity index (χ1) is 9.74. The topological polar surface area (TPSA) is 18.5 Å². The van der Waals surface area contributed by atoms with E-state index in [1.807, 2.05) is 11.3 Å². The van der Waals surface area contributed by atoms with Crippen LogP contribution in [0.15, 0.2) is 17.5 Å². The molecule has 114 valence electrons. The molecule has 4 heteroatoms. The number of nitrogens with zero attached hydrogens (tertiary/aromatic N) is 2. The Morgan fingerprint density at radius 3 is 2.55 bits per heavy atom. The van der Waals surface area contributed by atoms with E-state index in [1.165, 1.54) is 50.6 Å². The summed E-state index contributed by atoms with van der Waals surface area (Å²) in [4.78, 5) is 6.68. The highest BCUT2D eigenvalue weighted by Crippen LogP contribution is 2.08. The summed E-state index contributed by atoms with van der Waals surface area (Å²) in [6, 6.07) is 4.36. The van der Waals surface area contributed by atoms with Crippen LogP contribution in [0.5, 0.6) is 0 Å². The highest BCUT2D eigenvalue weighted by Gasteiger charge is 2.16. The predicted octanol–water partition coefficient (Wildman–Crippen LogP) is 2.15. The van der Waals surface area contributed by atoms with Gasteiger partial charge in [0.2, 0.25) is 0 Å². The van der Waals surface area contributed by atoms with Crippen molar-refractivity contribution in [2.45, 2.75) is 20.3 Å². The van der Waals surface area contributed by atoms with E-state index < -0.39 is 0 Å². The zero-order valence-electron chi connectivity index (χ0n) is 13.0. The average Bonchev–Trinajstić information content (AvgIpc) is 2.93. The summed E-state index contributed by atoms with van der Waals surface area (Å²) in [7, 11) is 0. The number of nitrogens with one attached hydrogen (secondary N) is 1. The van der Waals surface area contributed by atoms with Gasteiger partial charge in [0.1, 0.15) is 0 Å². The van der Waals surface area contributed by atoms with Crippen LogP contribution in [0, 0.1) is 5.92 Å². The first-order valence-electron chi connectivity index (χ1n) is 7.92. The van der Waals surface area contributed by atoms with Gasteiger partial charge < -0.3 is 10.2 Å². The van der Waals surface area contributed by atoms with Crippen LogP contribution in [-0.4, -0.2) is 62.2 Å². The van der Waals surface area contributed by atoms with Crippen LogP contribution >= 0.6 is 11.3 Å². The van der Waals surface area contributed by atoms with Gasteiger partial charge >= 0.3 is 0 Å². The summed E-state index contributed by atoms with van der Waals surface area (Å²) in [6.07, 6.45) is 1.17. The molecule has 0 radical (unpaired) electrons. The molecule has 0 saturated carbocycles. The molecule has 1 aromatic rings. The molecule has 1 N–H and O–H groups in total. The van der Waals surface area contributed by atoms with Crippen molar-refractivity contribution in [3.63, 3.8) is 0 Å². The molecule has 0 spiro atoms. The lowest BCUT2D eigenvalue weighted by Gasteiger charge is -2.35. The van der Waals surface area contributed by atoms with Crippen LogP contribution in [0.25, 0.3) is 0 Å². The number of rotatable bonds is 8. The minimum Gasteiger partial charge on any atom is -0.315 e. The van der Waals surface area contributed by atoms with Gasteiger partial charge in [0.25, 0.3) is 0 Å². The summed E-state index contributed by atoms with van der Waals surface area (Å²) in [5.41, 5.74) is 0. The van der Waals surface area contributed by atoms with Crippen molar-refractivity contribution in [1.29, 1.82) is 0 Å². The van der Waals surface area contributed by atoms with Gasteiger partial charge in [-0.25, -0.2) is 0 Å². The van der Waals surface area contributed by atoms with Crippen LogP contribution in [0.3, 0.4) is 0 Å². The Morgan fingerprint density at radius 2 is 1.90 bits per heavy atom. The first kappa shape index (κ1) is 16.0. The van der Waals surface area contributed by atoms with Crippen molar-refractivity contribution in [3.05, 3.63) is 22.4 Å². The predicted molar refractivity (Wildman–Crippen MR) is 88.6 cm³/mol. The molecule has 2 heterocycles. The Hall–Kier alpha value is -0.420. The second kappa shape index (κ2) is 8.78. The van der Waals surface area contributed by atoms with Gasteiger partial charge in [-0.3, -0.25) is 4.90 Å². The maximum Gasteiger partial charge on any atom is 0.0110 e. The van der Waals surface area contributed by atoms with E-state index >= 15 is 0 Å². The minimum absolute atomic E-state index is 0.792. The lowest BCUT2D eigenvalue weighted by Crippen LogP contribution is -2.48. The van der Waals surface area contributed by atoms with Crippen molar-refractivity contribution in [1.82, 2.24) is 15.1 Å². The standard InChI is InChI=1S/C16H29N3S/c1-15(2)14-19-11-9-18(10-12-19)8-7-17-6-5-16-4-3-13-20-16/h3-4,13,15,17H,5-12,14H2,1-2H3. The monoisotopic (exact) mass is 295 g/mol. The van der Waals surface area contributed by atoms with Crippen LogP contribution in [-0.2, 0) is 6.42 Å². The fourth-order valence-electron chi connectivity index (χ4n) is 2.74. The van der Waals surface area contributed by atoms with Gasteiger partial charge in [-0.05, 0) is 23.8 Å². The molecule has 1 aliphatic heterocycles. The van der Waals surface area contributed by atoms with E-state index in [0.29, 0.717) is 0 Å². The van der Waals surface area contributed by atoms with Crippen molar-refractivity contribution in [2.75, 3.05) is 52.4 Å². The van der Waals surface area contributed by atoms with E-state index in [0.717, 1.165) is 19.0 Å². The second-order valence-electron chi connectivity index (χ2n) is 6.12. The number of thiophene rings is 1. The molecule has 1 aromatic heterocycles. The SMILES string of the molecule is CC(C)CN1CCN(CCNCCc2cccs2)CC1. The van der Waals surface area contributed by atoms with E-state index in [4.69, 9.17) is 0 Å². The molecule has 1 fully saturated rings. The molecule has 0 amide bonds. The first-order valence-corrected chi connectivity index (χ1v) is 8.80. The van der Waals surface area contributed by atoms with Gasteiger partial charge in [-0.1, -0.05) is 19.9 Å². The van der Waals surface area contributed by atoms with Crippen LogP contribution in [0.1, 0.15) is 18.7 Å². The van der Waals surface area contributed by atoms with E-state index in [9.17, 15) is 0 Å². The van der Waals surface area contributed by atoms with Crippen LogP contribution < -0.4 is 5.32 Å². The zero-order chi connectivity index (χ0) is 14.2. The Bertz CT molecular complexity index is 343. The summed E-state index contributed by atoms with van der Waals surface area (Å²) in [5.74, 6) is 0.792. The average molecular weight is 295 g/mol. The van der Waals surface area contributed by atoms with Gasteiger partial charge in [0.05, 0.1) is 0 Å². The van der Waals surface area contributed by atoms with Gasteiger partial charge in [0.15, 0.2) is 0 Å². The van der Waals surface area contributed by atoms with Crippen LogP contribution in [0.2, 0.25) is 0 Å². The van der Waals surface area contributed by atoms with E-state index in [1.54, 1.807) is 0 Å². The molecule has 1 aliphatic rings. The quantitative estimate of drug-likeness (QED) is 0.742. The normalized spacial score (nSPS) is 17.9. The molecular formula is C16H29N3S. The number of hydrogen-bond donors (Lipinski definition) is 1. The summed E-state index contributed by atoms with van der Waals surface area (Å²) in [6.45, 7) is 14.3. The minimum atomic E-state index is 0.792. The Morgan fingerprint density at radius 1 is 1.15 bits per heavy atom.